The fraction of sp³-hybridized carbons (Fsp3) is 0.0476. The molecule has 5 rings (SSSR count). The number of benzene rings is 2. The molecular weight excluding hydrogens is 422 g/mol. The maximum Gasteiger partial charge on any atom is 0.238 e. The van der Waals surface area contributed by atoms with Crippen molar-refractivity contribution in [1.82, 2.24) is 24.9 Å². The minimum atomic E-state index is 0.418. The van der Waals surface area contributed by atoms with Gasteiger partial charge in [0.05, 0.1) is 12.0 Å². The van der Waals surface area contributed by atoms with Gasteiger partial charge in [-0.3, -0.25) is 4.57 Å². The molecule has 0 N–H and O–H groups in total. The van der Waals surface area contributed by atoms with E-state index in [0.717, 1.165) is 17.1 Å². The SMILES string of the molecule is Clc1ccc(-c2nnc(SCc3nc(-c4ccco4)no3)n2-c2ccccc2)cc1. The average Bonchev–Trinajstić information content (AvgIpc) is 3.53. The molecule has 5 aromatic rings. The molecule has 0 spiro atoms. The lowest BCUT2D eigenvalue weighted by atomic mass is 10.2. The third-order valence-electron chi connectivity index (χ3n) is 4.28. The Balaban J connectivity index is 1.45. The van der Waals surface area contributed by atoms with E-state index in [1.165, 1.54) is 11.8 Å². The largest absolute Gasteiger partial charge is 0.461 e. The Kier molecular flexibility index (Phi) is 5.08. The van der Waals surface area contributed by atoms with E-state index in [2.05, 4.69) is 20.3 Å². The Hall–Kier alpha value is -3.36. The summed E-state index contributed by atoms with van der Waals surface area (Å²) in [5, 5.41) is 14.2. The van der Waals surface area contributed by atoms with E-state index in [-0.39, 0.29) is 0 Å². The van der Waals surface area contributed by atoms with Gasteiger partial charge >= 0.3 is 0 Å². The van der Waals surface area contributed by atoms with Crippen LogP contribution >= 0.6 is 23.4 Å². The van der Waals surface area contributed by atoms with Crippen LogP contribution in [0, 0.1) is 0 Å². The molecule has 30 heavy (non-hydrogen) atoms. The molecule has 0 radical (unpaired) electrons. The summed E-state index contributed by atoms with van der Waals surface area (Å²) in [5.74, 6) is 2.62. The normalized spacial score (nSPS) is 11.1. The molecule has 0 amide bonds. The zero-order valence-electron chi connectivity index (χ0n) is 15.5. The molecule has 0 aliphatic rings. The van der Waals surface area contributed by atoms with Crippen molar-refractivity contribution in [2.24, 2.45) is 0 Å². The molecule has 0 fully saturated rings. The molecule has 2 aromatic carbocycles. The summed E-state index contributed by atoms with van der Waals surface area (Å²) in [6.45, 7) is 0. The molecule has 0 saturated carbocycles. The zero-order chi connectivity index (χ0) is 20.3. The van der Waals surface area contributed by atoms with Crippen LogP contribution in [0.4, 0.5) is 0 Å². The zero-order valence-corrected chi connectivity index (χ0v) is 17.0. The molecule has 9 heteroatoms. The summed E-state index contributed by atoms with van der Waals surface area (Å²) in [7, 11) is 0. The maximum absolute atomic E-state index is 6.04. The number of para-hydroxylation sites is 1. The predicted molar refractivity (Wildman–Crippen MR) is 113 cm³/mol. The summed E-state index contributed by atoms with van der Waals surface area (Å²) in [5.41, 5.74) is 1.87. The molecule has 0 atom stereocenters. The number of furan rings is 1. The smallest absolute Gasteiger partial charge is 0.238 e. The lowest BCUT2D eigenvalue weighted by molar-refractivity contribution is 0.390. The highest BCUT2D eigenvalue weighted by Crippen LogP contribution is 2.30. The summed E-state index contributed by atoms with van der Waals surface area (Å²) in [6.07, 6.45) is 1.57. The van der Waals surface area contributed by atoms with Gasteiger partial charge in [0.2, 0.25) is 11.7 Å². The van der Waals surface area contributed by atoms with E-state index >= 15 is 0 Å². The second-order valence-electron chi connectivity index (χ2n) is 6.26. The Labute approximate surface area is 180 Å². The van der Waals surface area contributed by atoms with Crippen LogP contribution in [0.3, 0.4) is 0 Å². The molecule has 0 bridgehead atoms. The van der Waals surface area contributed by atoms with Crippen LogP contribution in [0.15, 0.2) is 87.1 Å². The van der Waals surface area contributed by atoms with Crippen LogP contribution in [-0.4, -0.2) is 24.9 Å². The fourth-order valence-electron chi connectivity index (χ4n) is 2.90. The second-order valence-corrected chi connectivity index (χ2v) is 7.64. The first-order chi connectivity index (χ1) is 14.8. The minimum absolute atomic E-state index is 0.418. The molecule has 0 aliphatic heterocycles. The predicted octanol–water partition coefficient (Wildman–Crippen LogP) is 5.52. The van der Waals surface area contributed by atoms with Gasteiger partial charge in [-0.1, -0.05) is 46.7 Å². The van der Waals surface area contributed by atoms with Crippen LogP contribution < -0.4 is 0 Å². The maximum atomic E-state index is 6.04. The summed E-state index contributed by atoms with van der Waals surface area (Å²) in [6, 6.07) is 21.0. The standard InChI is InChI=1S/C21H14ClN5O2S/c22-15-10-8-14(9-11-15)20-24-25-21(27(20)16-5-2-1-3-6-16)30-13-18-23-19(26-29-18)17-7-4-12-28-17/h1-12H,13H2. The van der Waals surface area contributed by atoms with E-state index in [9.17, 15) is 0 Å². The Morgan fingerprint density at radius 1 is 0.933 bits per heavy atom. The molecule has 0 unspecified atom stereocenters. The number of hydrogen-bond donors (Lipinski definition) is 0. The van der Waals surface area contributed by atoms with Gasteiger partial charge in [-0.25, -0.2) is 0 Å². The third-order valence-corrected chi connectivity index (χ3v) is 5.45. The highest BCUT2D eigenvalue weighted by molar-refractivity contribution is 7.98. The van der Waals surface area contributed by atoms with Gasteiger partial charge in [0.1, 0.15) is 0 Å². The van der Waals surface area contributed by atoms with Crippen molar-refractivity contribution in [2.75, 3.05) is 0 Å². The van der Waals surface area contributed by atoms with Crippen molar-refractivity contribution in [3.8, 4) is 28.7 Å². The van der Waals surface area contributed by atoms with Crippen LogP contribution in [0.25, 0.3) is 28.7 Å². The third kappa shape index (κ3) is 3.74. The van der Waals surface area contributed by atoms with E-state index in [4.69, 9.17) is 20.5 Å². The monoisotopic (exact) mass is 435 g/mol. The van der Waals surface area contributed by atoms with E-state index in [1.807, 2.05) is 59.2 Å². The Morgan fingerprint density at radius 3 is 2.53 bits per heavy atom. The minimum Gasteiger partial charge on any atom is -0.461 e. The van der Waals surface area contributed by atoms with Gasteiger partial charge in [0.15, 0.2) is 16.7 Å². The molecule has 0 saturated heterocycles. The van der Waals surface area contributed by atoms with Crippen LogP contribution in [0.5, 0.6) is 0 Å². The van der Waals surface area contributed by atoms with E-state index < -0.39 is 0 Å². The number of nitrogens with zero attached hydrogens (tertiary/aromatic N) is 5. The lowest BCUT2D eigenvalue weighted by Crippen LogP contribution is -1.99. The number of aromatic nitrogens is 5. The Bertz CT molecular complexity index is 1250. The highest BCUT2D eigenvalue weighted by Gasteiger charge is 2.18. The van der Waals surface area contributed by atoms with Crippen molar-refractivity contribution < 1.29 is 8.94 Å². The van der Waals surface area contributed by atoms with Crippen molar-refractivity contribution in [1.29, 1.82) is 0 Å². The Morgan fingerprint density at radius 2 is 1.77 bits per heavy atom. The quantitative estimate of drug-likeness (QED) is 0.324. The number of hydrogen-bond acceptors (Lipinski definition) is 7. The number of rotatable bonds is 6. The van der Waals surface area contributed by atoms with Crippen molar-refractivity contribution in [2.45, 2.75) is 10.9 Å². The number of halogens is 1. The van der Waals surface area contributed by atoms with Crippen LogP contribution in [-0.2, 0) is 5.75 Å². The van der Waals surface area contributed by atoms with Crippen molar-refractivity contribution in [3.05, 3.63) is 83.9 Å². The fourth-order valence-corrected chi connectivity index (χ4v) is 3.82. The molecule has 7 nitrogen and oxygen atoms in total. The van der Waals surface area contributed by atoms with Gasteiger partial charge in [0.25, 0.3) is 0 Å². The van der Waals surface area contributed by atoms with Crippen LogP contribution in [0.2, 0.25) is 5.02 Å². The van der Waals surface area contributed by atoms with Crippen LogP contribution in [0.1, 0.15) is 5.89 Å². The van der Waals surface area contributed by atoms with Gasteiger partial charge in [-0.15, -0.1) is 10.2 Å². The molecule has 0 aliphatic carbocycles. The first-order valence-corrected chi connectivity index (χ1v) is 10.4. The first-order valence-electron chi connectivity index (χ1n) is 9.04. The van der Waals surface area contributed by atoms with Gasteiger partial charge in [-0.2, -0.15) is 4.98 Å². The van der Waals surface area contributed by atoms with E-state index in [1.54, 1.807) is 18.4 Å². The molecule has 3 heterocycles. The second kappa shape index (κ2) is 8.17. The molecule has 3 aromatic heterocycles. The van der Waals surface area contributed by atoms with Gasteiger partial charge in [0, 0.05) is 16.3 Å². The summed E-state index contributed by atoms with van der Waals surface area (Å²) in [4.78, 5) is 4.38. The van der Waals surface area contributed by atoms with Crippen molar-refractivity contribution in [3.63, 3.8) is 0 Å². The van der Waals surface area contributed by atoms with Gasteiger partial charge < -0.3 is 8.94 Å². The highest BCUT2D eigenvalue weighted by atomic mass is 35.5. The summed E-state index contributed by atoms with van der Waals surface area (Å²) >= 11 is 7.50. The lowest BCUT2D eigenvalue weighted by Gasteiger charge is -2.09. The molecule has 148 valence electrons. The van der Waals surface area contributed by atoms with E-state index in [0.29, 0.717) is 33.4 Å². The van der Waals surface area contributed by atoms with Crippen molar-refractivity contribution >= 4 is 23.4 Å². The molecular formula is C21H14ClN5O2S. The average molecular weight is 436 g/mol. The number of thioether (sulfide) groups is 1. The first kappa shape index (κ1) is 18.7. The summed E-state index contributed by atoms with van der Waals surface area (Å²) < 4.78 is 12.6. The van der Waals surface area contributed by atoms with Gasteiger partial charge in [-0.05, 0) is 48.5 Å². The topological polar surface area (TPSA) is 82.8 Å².